The summed E-state index contributed by atoms with van der Waals surface area (Å²) in [6.07, 6.45) is 1.81. The van der Waals surface area contributed by atoms with Crippen molar-refractivity contribution in [1.82, 2.24) is 15.3 Å². The van der Waals surface area contributed by atoms with Crippen molar-refractivity contribution in [2.45, 2.75) is 40.2 Å². The number of hydrogen-bond acceptors (Lipinski definition) is 4. The first-order valence-corrected chi connectivity index (χ1v) is 6.06. The minimum atomic E-state index is 0.161. The molecule has 0 spiro atoms. The number of likely N-dealkylation sites (N-methyl/N-ethyl adjacent to an activating group) is 1. The lowest BCUT2D eigenvalue weighted by atomic mass is 10.1. The molecule has 1 rings (SSSR count). The molecule has 0 aromatic carbocycles. The van der Waals surface area contributed by atoms with Crippen LogP contribution in [0.1, 0.15) is 32.2 Å². The molecule has 4 heteroatoms. The lowest BCUT2D eigenvalue weighted by Crippen LogP contribution is -2.40. The SMILES string of the molecule is Cc1cnc(C)c(N(C)CCNC(C)(C)C)n1. The van der Waals surface area contributed by atoms with Crippen LogP contribution in [0.5, 0.6) is 0 Å². The van der Waals surface area contributed by atoms with Crippen molar-refractivity contribution in [2.24, 2.45) is 0 Å². The Bertz CT molecular complexity index is 368. The average Bonchev–Trinajstić information content (AvgIpc) is 2.19. The maximum Gasteiger partial charge on any atom is 0.150 e. The molecule has 0 saturated carbocycles. The fourth-order valence-electron chi connectivity index (χ4n) is 1.59. The molecule has 1 N–H and O–H groups in total. The minimum Gasteiger partial charge on any atom is -0.357 e. The summed E-state index contributed by atoms with van der Waals surface area (Å²) in [7, 11) is 2.06. The molecular formula is C13H24N4. The molecule has 1 aromatic heterocycles. The smallest absolute Gasteiger partial charge is 0.150 e. The summed E-state index contributed by atoms with van der Waals surface area (Å²) in [5.41, 5.74) is 2.10. The Morgan fingerprint density at radius 3 is 2.53 bits per heavy atom. The van der Waals surface area contributed by atoms with Crippen LogP contribution in [0.3, 0.4) is 0 Å². The van der Waals surface area contributed by atoms with Gasteiger partial charge in [-0.2, -0.15) is 0 Å². The highest BCUT2D eigenvalue weighted by atomic mass is 15.2. The molecule has 4 nitrogen and oxygen atoms in total. The van der Waals surface area contributed by atoms with E-state index in [1.807, 2.05) is 13.8 Å². The molecule has 0 aliphatic heterocycles. The fraction of sp³-hybridized carbons (Fsp3) is 0.692. The summed E-state index contributed by atoms with van der Waals surface area (Å²) in [4.78, 5) is 11.0. The zero-order valence-corrected chi connectivity index (χ0v) is 11.8. The van der Waals surface area contributed by atoms with E-state index in [1.165, 1.54) is 0 Å². The highest BCUT2D eigenvalue weighted by molar-refractivity contribution is 5.42. The van der Waals surface area contributed by atoms with Gasteiger partial charge in [-0.3, -0.25) is 4.98 Å². The van der Waals surface area contributed by atoms with Crippen molar-refractivity contribution < 1.29 is 0 Å². The number of aromatic nitrogens is 2. The van der Waals surface area contributed by atoms with Gasteiger partial charge in [0.25, 0.3) is 0 Å². The lowest BCUT2D eigenvalue weighted by molar-refractivity contribution is 0.430. The van der Waals surface area contributed by atoms with E-state index in [1.54, 1.807) is 6.20 Å². The van der Waals surface area contributed by atoms with Crippen molar-refractivity contribution >= 4 is 5.82 Å². The van der Waals surface area contributed by atoms with Crippen molar-refractivity contribution in [3.63, 3.8) is 0 Å². The highest BCUT2D eigenvalue weighted by Gasteiger charge is 2.11. The first-order chi connectivity index (χ1) is 7.79. The lowest BCUT2D eigenvalue weighted by Gasteiger charge is -2.24. The standard InChI is InChI=1S/C13H24N4/c1-10-9-14-11(2)12(16-10)17(6)8-7-15-13(3,4)5/h9,15H,7-8H2,1-6H3. The summed E-state index contributed by atoms with van der Waals surface area (Å²) in [5.74, 6) is 0.973. The molecule has 0 atom stereocenters. The maximum absolute atomic E-state index is 4.52. The van der Waals surface area contributed by atoms with Crippen LogP contribution in [0.2, 0.25) is 0 Å². The normalized spacial score (nSPS) is 11.6. The summed E-state index contributed by atoms with van der Waals surface area (Å²) in [6.45, 7) is 12.3. The van der Waals surface area contributed by atoms with Gasteiger partial charge >= 0.3 is 0 Å². The van der Waals surface area contributed by atoms with Crippen molar-refractivity contribution in [3.8, 4) is 0 Å². The molecule has 0 radical (unpaired) electrons. The minimum absolute atomic E-state index is 0.161. The van der Waals surface area contributed by atoms with E-state index in [9.17, 15) is 0 Å². The number of nitrogens with zero attached hydrogens (tertiary/aromatic N) is 3. The molecule has 1 aromatic rings. The van der Waals surface area contributed by atoms with Gasteiger partial charge in [-0.05, 0) is 34.6 Å². The molecule has 0 bridgehead atoms. The Hall–Kier alpha value is -1.16. The molecule has 0 aliphatic carbocycles. The van der Waals surface area contributed by atoms with Crippen LogP contribution >= 0.6 is 0 Å². The predicted molar refractivity (Wildman–Crippen MR) is 72.5 cm³/mol. The van der Waals surface area contributed by atoms with E-state index in [-0.39, 0.29) is 5.54 Å². The average molecular weight is 236 g/mol. The van der Waals surface area contributed by atoms with Gasteiger partial charge in [0.1, 0.15) is 5.82 Å². The van der Waals surface area contributed by atoms with Gasteiger partial charge in [0.05, 0.1) is 11.4 Å². The number of aryl methyl sites for hydroxylation is 2. The van der Waals surface area contributed by atoms with Gasteiger partial charge in [-0.15, -0.1) is 0 Å². The Balaban J connectivity index is 2.58. The van der Waals surface area contributed by atoms with Gasteiger partial charge in [-0.1, -0.05) is 0 Å². The van der Waals surface area contributed by atoms with Crippen molar-refractivity contribution in [1.29, 1.82) is 0 Å². The Morgan fingerprint density at radius 2 is 1.94 bits per heavy atom. The monoisotopic (exact) mass is 236 g/mol. The van der Waals surface area contributed by atoms with Crippen LogP contribution in [0.15, 0.2) is 6.20 Å². The second-order valence-corrected chi connectivity index (χ2v) is 5.52. The quantitative estimate of drug-likeness (QED) is 0.867. The molecule has 0 saturated heterocycles. The maximum atomic E-state index is 4.52. The highest BCUT2D eigenvalue weighted by Crippen LogP contribution is 2.12. The van der Waals surface area contributed by atoms with Gasteiger partial charge in [0.2, 0.25) is 0 Å². The molecule has 0 unspecified atom stereocenters. The van der Waals surface area contributed by atoms with Crippen LogP contribution in [-0.2, 0) is 0 Å². The van der Waals surface area contributed by atoms with E-state index in [2.05, 4.69) is 48.0 Å². The Labute approximate surface area is 104 Å². The number of anilines is 1. The van der Waals surface area contributed by atoms with Crippen molar-refractivity contribution in [2.75, 3.05) is 25.0 Å². The molecular weight excluding hydrogens is 212 g/mol. The van der Waals surface area contributed by atoms with Crippen LogP contribution in [0, 0.1) is 13.8 Å². The third-order valence-electron chi connectivity index (χ3n) is 2.52. The molecule has 0 amide bonds. The van der Waals surface area contributed by atoms with Gasteiger partial charge in [0.15, 0.2) is 0 Å². The topological polar surface area (TPSA) is 41.1 Å². The molecule has 0 fully saturated rings. The molecule has 0 aliphatic rings. The largest absolute Gasteiger partial charge is 0.357 e. The second kappa shape index (κ2) is 5.45. The zero-order chi connectivity index (χ0) is 13.1. The second-order valence-electron chi connectivity index (χ2n) is 5.52. The summed E-state index contributed by atoms with van der Waals surface area (Å²) >= 11 is 0. The third kappa shape index (κ3) is 4.69. The first kappa shape index (κ1) is 13.9. The predicted octanol–water partition coefficient (Wildman–Crippen LogP) is 1.92. The number of rotatable bonds is 4. The van der Waals surface area contributed by atoms with Crippen LogP contribution in [0.25, 0.3) is 0 Å². The molecule has 1 heterocycles. The summed E-state index contributed by atoms with van der Waals surface area (Å²) in [6, 6.07) is 0. The Kier molecular flexibility index (Phi) is 4.46. The first-order valence-electron chi connectivity index (χ1n) is 6.06. The van der Waals surface area contributed by atoms with Gasteiger partial charge in [0, 0.05) is 31.9 Å². The van der Waals surface area contributed by atoms with Crippen molar-refractivity contribution in [3.05, 3.63) is 17.6 Å². The number of nitrogens with one attached hydrogen (secondary N) is 1. The van der Waals surface area contributed by atoms with E-state index in [4.69, 9.17) is 0 Å². The van der Waals surface area contributed by atoms with Gasteiger partial charge < -0.3 is 10.2 Å². The van der Waals surface area contributed by atoms with E-state index < -0.39 is 0 Å². The molecule has 96 valence electrons. The van der Waals surface area contributed by atoms with E-state index in [0.717, 1.165) is 30.3 Å². The van der Waals surface area contributed by atoms with E-state index in [0.29, 0.717) is 0 Å². The van der Waals surface area contributed by atoms with Crippen LogP contribution < -0.4 is 10.2 Å². The summed E-state index contributed by atoms with van der Waals surface area (Å²) < 4.78 is 0. The number of hydrogen-bond donors (Lipinski definition) is 1. The van der Waals surface area contributed by atoms with Crippen LogP contribution in [-0.4, -0.2) is 35.6 Å². The molecule has 17 heavy (non-hydrogen) atoms. The van der Waals surface area contributed by atoms with E-state index >= 15 is 0 Å². The Morgan fingerprint density at radius 1 is 1.29 bits per heavy atom. The fourth-order valence-corrected chi connectivity index (χ4v) is 1.59. The zero-order valence-electron chi connectivity index (χ0n) is 11.8. The van der Waals surface area contributed by atoms with Crippen LogP contribution in [0.4, 0.5) is 5.82 Å². The summed E-state index contributed by atoms with van der Waals surface area (Å²) in [5, 5.41) is 3.47. The van der Waals surface area contributed by atoms with Gasteiger partial charge in [-0.25, -0.2) is 4.98 Å². The third-order valence-corrected chi connectivity index (χ3v) is 2.52.